The molecule has 0 bridgehead atoms. The molecule has 0 atom stereocenters. The average Bonchev–Trinajstić information content (AvgIpc) is 1.42. The summed E-state index contributed by atoms with van der Waals surface area (Å²) >= 11 is 3.51. The van der Waals surface area contributed by atoms with E-state index in [0.29, 0.717) is 5.82 Å². The van der Waals surface area contributed by atoms with Crippen LogP contribution in [-0.4, -0.2) is 74.7 Å². The summed E-state index contributed by atoms with van der Waals surface area (Å²) in [5, 5.41) is 2.09. The van der Waals surface area contributed by atoms with Crippen molar-refractivity contribution in [2.45, 2.75) is 117 Å². The van der Waals surface area contributed by atoms with Crippen molar-refractivity contribution in [3.63, 3.8) is 0 Å². The van der Waals surface area contributed by atoms with E-state index in [1.807, 2.05) is 91.8 Å². The van der Waals surface area contributed by atoms with Gasteiger partial charge in [0.1, 0.15) is 0 Å². The van der Waals surface area contributed by atoms with Crippen molar-refractivity contribution in [1.82, 2.24) is 19.9 Å². The highest BCUT2D eigenvalue weighted by Gasteiger charge is 2.64. The van der Waals surface area contributed by atoms with E-state index < -0.39 is 14.0 Å². The standard InChI is InChI=1S/C44H37BN2O2.C38H25BrN2.C12H24B2O4/c1-43(2)44(3,4)49-45(48-43)38-28-26-35(27-29-38)33-16-14-32(15-17-33)34-20-24-37(25-21-34)42-46-40-13-9-8-12-39(40)41(47-42)36-22-18-31(19-23-36)30-10-6-5-7-11-30;39-34-24-22-31(23-25-34)29-12-10-28(11-13-29)30-16-20-33(21-17-30)38-40-36-9-5-4-8-35(36)37(41-38)32-18-14-27(15-19-32)26-6-2-1-3-7-26;1-9(2)10(3,4)16-13(15-9)14-17-11(5,6)12(7,8)18-14/h5-29H,1-4H3;1-25H;1-8H3. The zero-order valence-electron chi connectivity index (χ0n) is 63.2. The second-order valence-electron chi connectivity index (χ2n) is 31.0. The van der Waals surface area contributed by atoms with E-state index in [1.165, 1.54) is 38.9 Å². The molecule has 3 fully saturated rings. The normalized spacial score (nSPS) is 16.4. The minimum atomic E-state index is -0.476. The minimum Gasteiger partial charge on any atom is -0.405 e. The molecule has 0 radical (unpaired) electrons. The van der Waals surface area contributed by atoms with Gasteiger partial charge >= 0.3 is 21.1 Å². The third-order valence-electron chi connectivity index (χ3n) is 22.2. The fourth-order valence-electron chi connectivity index (χ4n) is 13.5. The fraction of sp³-hybridized carbons (Fsp3) is 0.191. The Labute approximate surface area is 644 Å². The fourth-order valence-corrected chi connectivity index (χ4v) is 13.8. The number of fused-ring (bicyclic) bond motifs is 2. The van der Waals surface area contributed by atoms with Crippen molar-refractivity contribution in [2.24, 2.45) is 0 Å². The summed E-state index contributed by atoms with van der Waals surface area (Å²) in [5.74, 6) is 1.44. The molecule has 12 aromatic carbocycles. The molecular weight excluding hydrogens is 1390 g/mol. The number of halogens is 1. The molecule has 3 saturated heterocycles. The van der Waals surface area contributed by atoms with Gasteiger partial charge in [0.25, 0.3) is 0 Å². The van der Waals surface area contributed by atoms with E-state index >= 15 is 0 Å². The smallest absolute Gasteiger partial charge is 0.405 e. The first-order chi connectivity index (χ1) is 51.8. The third-order valence-corrected chi connectivity index (χ3v) is 22.7. The van der Waals surface area contributed by atoms with Gasteiger partial charge in [-0.1, -0.05) is 295 Å². The Morgan fingerprint density at radius 3 is 0.741 bits per heavy atom. The van der Waals surface area contributed by atoms with Crippen molar-refractivity contribution in [2.75, 3.05) is 0 Å². The van der Waals surface area contributed by atoms with Crippen LogP contribution in [0.15, 0.2) is 308 Å². The van der Waals surface area contributed by atoms with Gasteiger partial charge in [0.2, 0.25) is 0 Å². The molecule has 0 aliphatic carbocycles. The van der Waals surface area contributed by atoms with Crippen LogP contribution in [0, 0.1) is 0 Å². The van der Waals surface area contributed by atoms with Crippen molar-refractivity contribution in [3.8, 4) is 112 Å². The zero-order valence-corrected chi connectivity index (χ0v) is 64.8. The molecule has 108 heavy (non-hydrogen) atoms. The summed E-state index contributed by atoms with van der Waals surface area (Å²) < 4.78 is 37.4. The second kappa shape index (κ2) is 29.7. The lowest BCUT2D eigenvalue weighted by atomic mass is 9.49. The molecule has 10 nitrogen and oxygen atoms in total. The maximum absolute atomic E-state index is 6.23. The number of hydrogen-bond donors (Lipinski definition) is 0. The summed E-state index contributed by atoms with van der Waals surface area (Å²) in [7, 11) is -1.31. The lowest BCUT2D eigenvalue weighted by Gasteiger charge is -2.32. The monoisotopic (exact) mass is 1480 g/mol. The molecule has 14 aromatic rings. The van der Waals surface area contributed by atoms with Gasteiger partial charge in [0.05, 0.1) is 56.0 Å². The van der Waals surface area contributed by atoms with Crippen molar-refractivity contribution < 1.29 is 27.9 Å². The van der Waals surface area contributed by atoms with Crippen LogP contribution >= 0.6 is 15.9 Å². The van der Waals surface area contributed by atoms with Gasteiger partial charge in [-0.15, -0.1) is 0 Å². The Morgan fingerprint density at radius 2 is 0.444 bits per heavy atom. The SMILES string of the molecule is Brc1ccc(-c2ccc(-c3ccc(-c4nc(-c5ccc(-c6ccccc6)cc5)c5ccccc5n4)cc3)cc2)cc1.CC1(C)OB(B2OC(C)(C)C(C)(C)O2)OC1(C)C.CC1(C)OB(c2ccc(-c3ccc(-c4ccc(-c5nc(-c6ccc(-c7ccccc7)cc6)c6ccccc6n5)cc4)cc3)cc2)OC1(C)C. The van der Waals surface area contributed by atoms with Crippen LogP contribution in [0.4, 0.5) is 0 Å². The van der Waals surface area contributed by atoms with Gasteiger partial charge in [-0.2, -0.15) is 0 Å². The highest BCUT2D eigenvalue weighted by molar-refractivity contribution is 9.10. The number of benzene rings is 12. The van der Waals surface area contributed by atoms with Crippen LogP contribution in [-0.2, 0) is 27.9 Å². The molecule has 3 aliphatic rings. The predicted molar refractivity (Wildman–Crippen MR) is 449 cm³/mol. The maximum Gasteiger partial charge on any atom is 0.494 e. The summed E-state index contributed by atoms with van der Waals surface area (Å²) in [4.78, 5) is 20.1. The highest BCUT2D eigenvalue weighted by Crippen LogP contribution is 2.44. The van der Waals surface area contributed by atoms with Gasteiger partial charge in [-0.05, 0) is 180 Å². The molecule has 5 heterocycles. The second-order valence-corrected chi connectivity index (χ2v) is 31.9. The lowest BCUT2D eigenvalue weighted by Crippen LogP contribution is -2.41. The summed E-state index contributed by atoms with van der Waals surface area (Å²) in [6.45, 7) is 24.5. The molecule has 0 saturated carbocycles. The van der Waals surface area contributed by atoms with Crippen LogP contribution in [0.3, 0.4) is 0 Å². The summed E-state index contributed by atoms with van der Waals surface area (Å²) in [6.07, 6.45) is 0. The van der Waals surface area contributed by atoms with Gasteiger partial charge < -0.3 is 27.9 Å². The van der Waals surface area contributed by atoms with E-state index in [9.17, 15) is 0 Å². The Kier molecular flexibility index (Phi) is 20.2. The van der Waals surface area contributed by atoms with E-state index in [4.69, 9.17) is 47.9 Å². The molecule has 534 valence electrons. The van der Waals surface area contributed by atoms with Crippen molar-refractivity contribution in [1.29, 1.82) is 0 Å². The van der Waals surface area contributed by atoms with Crippen LogP contribution in [0.25, 0.3) is 134 Å². The first kappa shape index (κ1) is 73.3. The van der Waals surface area contributed by atoms with E-state index in [1.54, 1.807) is 0 Å². The number of nitrogens with zero attached hydrogens (tertiary/aromatic N) is 4. The van der Waals surface area contributed by atoms with Crippen LogP contribution in [0.5, 0.6) is 0 Å². The highest BCUT2D eigenvalue weighted by atomic mass is 79.9. The Balaban J connectivity index is 0.000000142. The Bertz CT molecular complexity index is 5420. The third kappa shape index (κ3) is 15.3. The van der Waals surface area contributed by atoms with E-state index in [2.05, 4.69) is 311 Å². The van der Waals surface area contributed by atoms with Gasteiger partial charge in [-0.3, -0.25) is 0 Å². The summed E-state index contributed by atoms with van der Waals surface area (Å²) in [6, 6.07) is 106. The Hall–Kier alpha value is -10.2. The molecule has 14 heteroatoms. The molecule has 3 aliphatic heterocycles. The molecule has 0 amide bonds. The maximum atomic E-state index is 6.23. The van der Waals surface area contributed by atoms with E-state index in [-0.39, 0.29) is 40.7 Å². The molecule has 2 aromatic heterocycles. The van der Waals surface area contributed by atoms with Gasteiger partial charge in [0.15, 0.2) is 11.6 Å². The first-order valence-electron chi connectivity index (χ1n) is 37.0. The number of rotatable bonds is 12. The molecule has 0 N–H and O–H groups in total. The molecule has 0 spiro atoms. The molecule has 0 unspecified atom stereocenters. The van der Waals surface area contributed by atoms with E-state index in [0.717, 1.165) is 99.0 Å². The van der Waals surface area contributed by atoms with Gasteiger partial charge in [-0.25, -0.2) is 19.9 Å². The van der Waals surface area contributed by atoms with Crippen molar-refractivity contribution in [3.05, 3.63) is 308 Å². The first-order valence-corrected chi connectivity index (χ1v) is 37.8. The van der Waals surface area contributed by atoms with Crippen LogP contribution in [0.1, 0.15) is 83.1 Å². The zero-order chi connectivity index (χ0) is 75.2. The quantitative estimate of drug-likeness (QED) is 0.110. The average molecular weight is 1480 g/mol. The Morgan fingerprint density at radius 1 is 0.222 bits per heavy atom. The van der Waals surface area contributed by atoms with Crippen LogP contribution in [0.2, 0.25) is 0 Å². The molecular formula is C94H86B3BrN4O6. The molecule has 17 rings (SSSR count). The topological polar surface area (TPSA) is 107 Å². The largest absolute Gasteiger partial charge is 0.494 e. The number of para-hydroxylation sites is 2. The van der Waals surface area contributed by atoms with Crippen molar-refractivity contribution >= 4 is 64.3 Å². The minimum absolute atomic E-state index is 0.355. The number of hydrogen-bond acceptors (Lipinski definition) is 10. The van der Waals surface area contributed by atoms with Crippen LogP contribution < -0.4 is 5.46 Å². The lowest BCUT2D eigenvalue weighted by molar-refractivity contribution is 0.00578. The number of aromatic nitrogens is 4. The predicted octanol–water partition coefficient (Wildman–Crippen LogP) is 23.2. The summed E-state index contributed by atoms with van der Waals surface area (Å²) in [5.41, 5.74) is 20.9. The van der Waals surface area contributed by atoms with Gasteiger partial charge in [0, 0.05) is 37.5 Å².